The summed E-state index contributed by atoms with van der Waals surface area (Å²) in [5, 5.41) is 2.59. The van der Waals surface area contributed by atoms with Crippen LogP contribution < -0.4 is 14.9 Å². The largest absolute Gasteiger partial charge is 0.341 e. The van der Waals surface area contributed by atoms with E-state index in [1.807, 2.05) is 0 Å². The summed E-state index contributed by atoms with van der Waals surface area (Å²) in [4.78, 5) is 21.6. The monoisotopic (exact) mass is 361 g/mol. The molecule has 132 valence electrons. The minimum Gasteiger partial charge on any atom is -0.341 e. The maximum absolute atomic E-state index is 12.4. The minimum absolute atomic E-state index is 0.0882. The number of nitrogens with zero attached hydrogens (tertiary/aromatic N) is 3. The molecule has 0 unspecified atom stereocenters. The molecule has 1 aromatic carbocycles. The normalized spacial score (nSPS) is 14.4. The quantitative estimate of drug-likeness (QED) is 0.842. The molecule has 0 radical (unpaired) electrons. The van der Waals surface area contributed by atoms with Gasteiger partial charge in [-0.25, -0.2) is 18.4 Å². The van der Waals surface area contributed by atoms with E-state index in [-0.39, 0.29) is 10.8 Å². The molecule has 1 aliphatic rings. The van der Waals surface area contributed by atoms with E-state index in [9.17, 15) is 13.2 Å². The molecule has 2 aromatic rings. The summed E-state index contributed by atoms with van der Waals surface area (Å²) in [6.45, 7) is 3.23. The van der Waals surface area contributed by atoms with E-state index in [0.29, 0.717) is 17.3 Å². The van der Waals surface area contributed by atoms with Crippen molar-refractivity contribution in [2.45, 2.75) is 24.7 Å². The summed E-state index contributed by atoms with van der Waals surface area (Å²) >= 11 is 0. The number of hydrogen-bond acceptors (Lipinski definition) is 6. The number of benzene rings is 1. The van der Waals surface area contributed by atoms with Crippen molar-refractivity contribution < 1.29 is 13.2 Å². The van der Waals surface area contributed by atoms with E-state index >= 15 is 0 Å². The highest BCUT2D eigenvalue weighted by Gasteiger charge is 2.17. The highest BCUT2D eigenvalue weighted by atomic mass is 32.2. The van der Waals surface area contributed by atoms with Gasteiger partial charge in [-0.1, -0.05) is 0 Å². The number of nitrogens with one attached hydrogen (secondary N) is 2. The van der Waals surface area contributed by atoms with Gasteiger partial charge in [0.2, 0.25) is 11.9 Å². The molecule has 0 saturated carbocycles. The molecular weight excluding hydrogens is 342 g/mol. The third-order valence-electron chi connectivity index (χ3n) is 3.76. The Morgan fingerprint density at radius 3 is 2.20 bits per heavy atom. The Bertz CT molecular complexity index is 844. The van der Waals surface area contributed by atoms with Gasteiger partial charge in [0, 0.05) is 25.7 Å². The topological polar surface area (TPSA) is 104 Å². The van der Waals surface area contributed by atoms with Gasteiger partial charge in [0.1, 0.15) is 0 Å². The molecule has 1 amide bonds. The Labute approximate surface area is 146 Å². The number of amides is 1. The van der Waals surface area contributed by atoms with Gasteiger partial charge in [-0.15, -0.1) is 0 Å². The molecule has 25 heavy (non-hydrogen) atoms. The van der Waals surface area contributed by atoms with Crippen molar-refractivity contribution in [2.75, 3.05) is 28.0 Å². The van der Waals surface area contributed by atoms with Crippen LogP contribution in [0.4, 0.5) is 17.3 Å². The summed E-state index contributed by atoms with van der Waals surface area (Å²) in [7, 11) is -3.75. The second kappa shape index (κ2) is 7.06. The number of carbonyl (C=O) groups is 1. The summed E-state index contributed by atoms with van der Waals surface area (Å²) in [6, 6.07) is 5.91. The minimum atomic E-state index is -3.75. The van der Waals surface area contributed by atoms with Gasteiger partial charge >= 0.3 is 0 Å². The van der Waals surface area contributed by atoms with E-state index in [4.69, 9.17) is 0 Å². The van der Waals surface area contributed by atoms with Crippen molar-refractivity contribution in [3.63, 3.8) is 0 Å². The fourth-order valence-corrected chi connectivity index (χ4v) is 3.62. The van der Waals surface area contributed by atoms with Gasteiger partial charge in [-0.2, -0.15) is 0 Å². The van der Waals surface area contributed by atoms with Crippen molar-refractivity contribution >= 4 is 33.3 Å². The predicted octanol–water partition coefficient (Wildman–Crippen LogP) is 1.84. The molecule has 2 N–H and O–H groups in total. The van der Waals surface area contributed by atoms with Gasteiger partial charge < -0.3 is 10.2 Å². The number of rotatable bonds is 5. The van der Waals surface area contributed by atoms with Gasteiger partial charge in [0.25, 0.3) is 10.0 Å². The number of hydrogen-bond donors (Lipinski definition) is 2. The first-order chi connectivity index (χ1) is 11.9. The van der Waals surface area contributed by atoms with Crippen LogP contribution in [0.15, 0.2) is 41.6 Å². The fourth-order valence-electron chi connectivity index (χ4n) is 2.59. The first kappa shape index (κ1) is 17.2. The molecule has 0 spiro atoms. The SMILES string of the molecule is CC(=O)Nc1ccc(S(=O)(=O)Nc2cnc(N3CCCC3)nc2)cc1. The van der Waals surface area contributed by atoms with E-state index in [0.717, 1.165) is 25.9 Å². The number of aromatic nitrogens is 2. The van der Waals surface area contributed by atoms with Crippen LogP contribution in [0, 0.1) is 0 Å². The molecule has 0 atom stereocenters. The smallest absolute Gasteiger partial charge is 0.261 e. The van der Waals surface area contributed by atoms with Crippen molar-refractivity contribution in [3.05, 3.63) is 36.7 Å². The summed E-state index contributed by atoms with van der Waals surface area (Å²) in [5.41, 5.74) is 0.832. The molecule has 8 nitrogen and oxygen atoms in total. The van der Waals surface area contributed by atoms with Crippen molar-refractivity contribution in [2.24, 2.45) is 0 Å². The van der Waals surface area contributed by atoms with E-state index in [1.165, 1.54) is 43.6 Å². The van der Waals surface area contributed by atoms with E-state index in [1.54, 1.807) is 0 Å². The van der Waals surface area contributed by atoms with Crippen LogP contribution in [-0.2, 0) is 14.8 Å². The van der Waals surface area contributed by atoms with Crippen LogP contribution in [0.5, 0.6) is 0 Å². The average molecular weight is 361 g/mol. The molecule has 0 bridgehead atoms. The van der Waals surface area contributed by atoms with Crippen LogP contribution in [0.2, 0.25) is 0 Å². The van der Waals surface area contributed by atoms with Crippen molar-refractivity contribution in [1.29, 1.82) is 0 Å². The second-order valence-corrected chi connectivity index (χ2v) is 7.46. The number of anilines is 3. The number of sulfonamides is 1. The third-order valence-corrected chi connectivity index (χ3v) is 5.16. The first-order valence-electron chi connectivity index (χ1n) is 7.91. The van der Waals surface area contributed by atoms with Crippen LogP contribution >= 0.6 is 0 Å². The highest BCUT2D eigenvalue weighted by Crippen LogP contribution is 2.19. The Morgan fingerprint density at radius 1 is 1.04 bits per heavy atom. The average Bonchev–Trinajstić information content (AvgIpc) is 3.09. The zero-order chi connectivity index (χ0) is 17.9. The summed E-state index contributed by atoms with van der Waals surface area (Å²) < 4.78 is 27.3. The molecule has 3 rings (SSSR count). The maximum Gasteiger partial charge on any atom is 0.261 e. The lowest BCUT2D eigenvalue weighted by molar-refractivity contribution is -0.114. The molecule has 2 heterocycles. The standard InChI is InChI=1S/C16H19N5O3S/c1-12(22)19-13-4-6-15(7-5-13)25(23,24)20-14-10-17-16(18-11-14)21-8-2-3-9-21/h4-7,10-11,20H,2-3,8-9H2,1H3,(H,19,22). The molecule has 1 aromatic heterocycles. The molecule has 1 saturated heterocycles. The van der Waals surface area contributed by atoms with Gasteiger partial charge in [0.15, 0.2) is 0 Å². The second-order valence-electron chi connectivity index (χ2n) is 5.78. The molecule has 1 fully saturated rings. The van der Waals surface area contributed by atoms with Gasteiger partial charge in [-0.3, -0.25) is 9.52 Å². The van der Waals surface area contributed by atoms with Crippen molar-refractivity contribution in [3.8, 4) is 0 Å². The lowest BCUT2D eigenvalue weighted by Gasteiger charge is -2.15. The third kappa shape index (κ3) is 4.24. The zero-order valence-corrected chi connectivity index (χ0v) is 14.6. The molecular formula is C16H19N5O3S. The highest BCUT2D eigenvalue weighted by molar-refractivity contribution is 7.92. The lowest BCUT2D eigenvalue weighted by atomic mass is 10.3. The molecule has 9 heteroatoms. The molecule has 0 aliphatic carbocycles. The Morgan fingerprint density at radius 2 is 1.64 bits per heavy atom. The van der Waals surface area contributed by atoms with E-state index < -0.39 is 10.0 Å². The summed E-state index contributed by atoms with van der Waals surface area (Å²) in [6.07, 6.45) is 5.16. The first-order valence-corrected chi connectivity index (χ1v) is 9.40. The fraction of sp³-hybridized carbons (Fsp3) is 0.312. The Kier molecular flexibility index (Phi) is 4.84. The van der Waals surface area contributed by atoms with Gasteiger partial charge in [0.05, 0.1) is 23.0 Å². The Balaban J connectivity index is 1.71. The number of carbonyl (C=O) groups excluding carboxylic acids is 1. The van der Waals surface area contributed by atoms with Crippen molar-refractivity contribution in [1.82, 2.24) is 9.97 Å². The predicted molar refractivity (Wildman–Crippen MR) is 95.0 cm³/mol. The zero-order valence-electron chi connectivity index (χ0n) is 13.8. The maximum atomic E-state index is 12.4. The summed E-state index contributed by atoms with van der Waals surface area (Å²) in [5.74, 6) is 0.393. The van der Waals surface area contributed by atoms with Crippen LogP contribution in [0.3, 0.4) is 0 Å². The van der Waals surface area contributed by atoms with E-state index in [2.05, 4.69) is 24.9 Å². The van der Waals surface area contributed by atoms with Crippen LogP contribution in [0.1, 0.15) is 19.8 Å². The Hall–Kier alpha value is -2.68. The van der Waals surface area contributed by atoms with Gasteiger partial charge in [-0.05, 0) is 37.1 Å². The molecule has 1 aliphatic heterocycles. The van der Waals surface area contributed by atoms with Crippen LogP contribution in [0.25, 0.3) is 0 Å². The van der Waals surface area contributed by atoms with Crippen LogP contribution in [-0.4, -0.2) is 37.4 Å². The lowest BCUT2D eigenvalue weighted by Crippen LogP contribution is -2.20.